The Hall–Kier alpha value is -2.05. The average molecular weight is 372 g/mol. The number of carbonyl (C=O) groups excluding carboxylic acids is 1. The lowest BCUT2D eigenvalue weighted by atomic mass is 9.94. The topological polar surface area (TPSA) is 59.6 Å². The Labute approximate surface area is 157 Å². The van der Waals surface area contributed by atoms with Crippen LogP contribution in [0.1, 0.15) is 49.9 Å². The van der Waals surface area contributed by atoms with Crippen LogP contribution in [0.2, 0.25) is 0 Å². The summed E-state index contributed by atoms with van der Waals surface area (Å²) < 4.78 is 12.2. The molecule has 1 fully saturated rings. The summed E-state index contributed by atoms with van der Waals surface area (Å²) in [5.74, 6) is 0.944. The normalized spacial score (nSPS) is 18.7. The quantitative estimate of drug-likeness (QED) is 0.813. The molecule has 0 bridgehead atoms. The standard InChI is InChI=1S/C20H24N2O3S/c1-14(18-6-5-11-26-18)21-13-19(23)22-15-7-8-16-17(12-15)25-20(24-16)9-3-2-4-10-20/h5-8,11-12,14,21H,2-4,9-10,13H2,1H3,(H,22,23). The second-order valence-electron chi connectivity index (χ2n) is 7.00. The molecule has 1 spiro atoms. The van der Waals surface area contributed by atoms with E-state index < -0.39 is 5.79 Å². The second-order valence-corrected chi connectivity index (χ2v) is 7.98. The number of hydrogen-bond donors (Lipinski definition) is 2. The first-order valence-electron chi connectivity index (χ1n) is 9.22. The van der Waals surface area contributed by atoms with Crippen LogP contribution in [-0.2, 0) is 4.79 Å². The van der Waals surface area contributed by atoms with Crippen molar-refractivity contribution in [3.8, 4) is 11.5 Å². The number of ether oxygens (including phenoxy) is 2. The molecular weight excluding hydrogens is 348 g/mol. The zero-order valence-corrected chi connectivity index (χ0v) is 15.7. The summed E-state index contributed by atoms with van der Waals surface area (Å²) in [4.78, 5) is 13.5. The summed E-state index contributed by atoms with van der Waals surface area (Å²) >= 11 is 1.69. The van der Waals surface area contributed by atoms with Gasteiger partial charge in [-0.1, -0.05) is 12.5 Å². The predicted molar refractivity (Wildman–Crippen MR) is 103 cm³/mol. The van der Waals surface area contributed by atoms with Gasteiger partial charge < -0.3 is 20.1 Å². The van der Waals surface area contributed by atoms with Crippen LogP contribution in [0.4, 0.5) is 5.69 Å². The van der Waals surface area contributed by atoms with E-state index in [1.54, 1.807) is 11.3 Å². The van der Waals surface area contributed by atoms with Crippen LogP contribution in [0.5, 0.6) is 11.5 Å². The van der Waals surface area contributed by atoms with E-state index in [-0.39, 0.29) is 18.5 Å². The van der Waals surface area contributed by atoms with Crippen LogP contribution in [0.3, 0.4) is 0 Å². The minimum absolute atomic E-state index is 0.0698. The molecule has 0 saturated heterocycles. The molecule has 2 N–H and O–H groups in total. The van der Waals surface area contributed by atoms with Crippen molar-refractivity contribution in [2.24, 2.45) is 0 Å². The van der Waals surface area contributed by atoms with Gasteiger partial charge in [-0.2, -0.15) is 0 Å². The first-order valence-corrected chi connectivity index (χ1v) is 10.1. The lowest BCUT2D eigenvalue weighted by molar-refractivity contribution is -0.115. The van der Waals surface area contributed by atoms with Crippen LogP contribution in [0, 0.1) is 0 Å². The van der Waals surface area contributed by atoms with E-state index in [4.69, 9.17) is 9.47 Å². The maximum absolute atomic E-state index is 12.2. The molecule has 26 heavy (non-hydrogen) atoms. The third-order valence-corrected chi connectivity index (χ3v) is 6.03. The van der Waals surface area contributed by atoms with Crippen LogP contribution in [0.15, 0.2) is 35.7 Å². The number of amides is 1. The highest BCUT2D eigenvalue weighted by Crippen LogP contribution is 2.46. The average Bonchev–Trinajstić information content (AvgIpc) is 3.28. The molecule has 138 valence electrons. The van der Waals surface area contributed by atoms with Crippen LogP contribution in [-0.4, -0.2) is 18.2 Å². The molecule has 4 rings (SSSR count). The SMILES string of the molecule is CC(NCC(=O)Nc1ccc2c(c1)OC1(CCCCC1)O2)c1cccs1. The Morgan fingerprint density at radius 1 is 1.19 bits per heavy atom. The highest BCUT2D eigenvalue weighted by Gasteiger charge is 2.42. The minimum atomic E-state index is -0.485. The van der Waals surface area contributed by atoms with Crippen molar-refractivity contribution in [2.45, 2.75) is 50.9 Å². The van der Waals surface area contributed by atoms with Gasteiger partial charge in [0, 0.05) is 35.5 Å². The van der Waals surface area contributed by atoms with Gasteiger partial charge in [-0.3, -0.25) is 4.79 Å². The number of thiophene rings is 1. The van der Waals surface area contributed by atoms with E-state index in [2.05, 4.69) is 23.6 Å². The summed E-state index contributed by atoms with van der Waals surface area (Å²) in [5, 5.41) is 8.22. The van der Waals surface area contributed by atoms with Crippen molar-refractivity contribution in [2.75, 3.05) is 11.9 Å². The molecule has 1 atom stereocenters. The monoisotopic (exact) mass is 372 g/mol. The molecule has 2 heterocycles. The van der Waals surface area contributed by atoms with Crippen LogP contribution >= 0.6 is 11.3 Å². The molecule has 1 aromatic carbocycles. The third kappa shape index (κ3) is 3.71. The number of anilines is 1. The Morgan fingerprint density at radius 3 is 2.77 bits per heavy atom. The summed E-state index contributed by atoms with van der Waals surface area (Å²) in [6.45, 7) is 2.32. The number of benzene rings is 1. The van der Waals surface area contributed by atoms with Gasteiger partial charge in [0.25, 0.3) is 5.79 Å². The maximum Gasteiger partial charge on any atom is 0.251 e. The molecule has 1 amide bonds. The van der Waals surface area contributed by atoms with E-state index in [9.17, 15) is 4.79 Å². The van der Waals surface area contributed by atoms with E-state index in [1.165, 1.54) is 11.3 Å². The van der Waals surface area contributed by atoms with Gasteiger partial charge in [0.2, 0.25) is 5.91 Å². The summed E-state index contributed by atoms with van der Waals surface area (Å²) in [6.07, 6.45) is 5.35. The van der Waals surface area contributed by atoms with E-state index >= 15 is 0 Å². The molecule has 1 unspecified atom stereocenters. The van der Waals surface area contributed by atoms with E-state index in [0.29, 0.717) is 0 Å². The Balaban J connectivity index is 1.33. The molecule has 1 aliphatic carbocycles. The minimum Gasteiger partial charge on any atom is -0.448 e. The Morgan fingerprint density at radius 2 is 2.00 bits per heavy atom. The third-order valence-electron chi connectivity index (χ3n) is 4.97. The molecular formula is C20H24N2O3S. The fourth-order valence-corrected chi connectivity index (χ4v) is 4.31. The molecule has 0 radical (unpaired) electrons. The number of rotatable bonds is 5. The van der Waals surface area contributed by atoms with Crippen molar-refractivity contribution in [1.29, 1.82) is 0 Å². The summed E-state index contributed by atoms with van der Waals surface area (Å²) in [6, 6.07) is 9.85. The Bertz CT molecular complexity index is 769. The Kier molecular flexibility index (Phi) is 4.87. The van der Waals surface area contributed by atoms with Crippen molar-refractivity contribution in [3.05, 3.63) is 40.6 Å². The number of nitrogens with one attached hydrogen (secondary N) is 2. The highest BCUT2D eigenvalue weighted by molar-refractivity contribution is 7.10. The zero-order valence-electron chi connectivity index (χ0n) is 14.9. The number of carbonyl (C=O) groups is 1. The fraction of sp³-hybridized carbons (Fsp3) is 0.450. The van der Waals surface area contributed by atoms with Gasteiger partial charge in [0.1, 0.15) is 0 Å². The van der Waals surface area contributed by atoms with Gasteiger partial charge in [-0.25, -0.2) is 0 Å². The van der Waals surface area contributed by atoms with Crippen molar-refractivity contribution < 1.29 is 14.3 Å². The van der Waals surface area contributed by atoms with Crippen LogP contribution < -0.4 is 20.1 Å². The van der Waals surface area contributed by atoms with Gasteiger partial charge in [-0.05, 0) is 43.3 Å². The smallest absolute Gasteiger partial charge is 0.251 e. The largest absolute Gasteiger partial charge is 0.448 e. The zero-order chi connectivity index (χ0) is 18.0. The highest BCUT2D eigenvalue weighted by atomic mass is 32.1. The summed E-state index contributed by atoms with van der Waals surface area (Å²) in [7, 11) is 0. The van der Waals surface area contributed by atoms with E-state index in [1.807, 2.05) is 29.6 Å². The molecule has 5 nitrogen and oxygen atoms in total. The van der Waals surface area contributed by atoms with Gasteiger partial charge in [0.05, 0.1) is 6.54 Å². The van der Waals surface area contributed by atoms with Gasteiger partial charge >= 0.3 is 0 Å². The fourth-order valence-electron chi connectivity index (χ4n) is 3.56. The van der Waals surface area contributed by atoms with Gasteiger partial charge in [0.15, 0.2) is 11.5 Å². The predicted octanol–water partition coefficient (Wildman–Crippen LogP) is 4.47. The molecule has 1 aromatic heterocycles. The maximum atomic E-state index is 12.2. The molecule has 2 aliphatic rings. The molecule has 2 aromatic rings. The van der Waals surface area contributed by atoms with Gasteiger partial charge in [-0.15, -0.1) is 11.3 Å². The molecule has 1 saturated carbocycles. The summed E-state index contributed by atoms with van der Waals surface area (Å²) in [5.41, 5.74) is 0.732. The second kappa shape index (κ2) is 7.29. The lowest BCUT2D eigenvalue weighted by Crippen LogP contribution is -2.40. The van der Waals surface area contributed by atoms with Crippen LogP contribution in [0.25, 0.3) is 0 Å². The first-order chi connectivity index (χ1) is 12.6. The van der Waals surface area contributed by atoms with Crippen molar-refractivity contribution >= 4 is 22.9 Å². The molecule has 6 heteroatoms. The number of hydrogen-bond acceptors (Lipinski definition) is 5. The molecule has 1 aliphatic heterocycles. The lowest BCUT2D eigenvalue weighted by Gasteiger charge is -2.31. The van der Waals surface area contributed by atoms with E-state index in [0.717, 1.165) is 42.9 Å². The van der Waals surface area contributed by atoms with Crippen molar-refractivity contribution in [3.63, 3.8) is 0 Å². The first kappa shape index (κ1) is 17.4. The van der Waals surface area contributed by atoms with Crippen molar-refractivity contribution in [1.82, 2.24) is 5.32 Å². The number of fused-ring (bicyclic) bond motifs is 1.